The van der Waals surface area contributed by atoms with Gasteiger partial charge in [-0.2, -0.15) is 0 Å². The highest BCUT2D eigenvalue weighted by molar-refractivity contribution is 7.99. The Labute approximate surface area is 163 Å². The molecule has 0 bridgehead atoms. The first-order valence-corrected chi connectivity index (χ1v) is 10.1. The summed E-state index contributed by atoms with van der Waals surface area (Å²) in [6, 6.07) is 9.32. The number of aromatic nitrogens is 3. The average Bonchev–Trinajstić information content (AvgIpc) is 2.93. The maximum absolute atomic E-state index is 13.0. The summed E-state index contributed by atoms with van der Waals surface area (Å²) < 4.78 is 3.74. The fourth-order valence-corrected chi connectivity index (χ4v) is 4.12. The summed E-state index contributed by atoms with van der Waals surface area (Å²) >= 11 is 1.34. The van der Waals surface area contributed by atoms with Crippen LogP contribution in [0.2, 0.25) is 0 Å². The number of carbonyl (C=O) groups excluding carboxylic acids is 1. The Morgan fingerprint density at radius 2 is 1.96 bits per heavy atom. The van der Waals surface area contributed by atoms with E-state index in [2.05, 4.69) is 4.98 Å². The van der Waals surface area contributed by atoms with Gasteiger partial charge in [-0.05, 0) is 45.4 Å². The largest absolute Gasteiger partial charge is 0.351 e. The van der Waals surface area contributed by atoms with Crippen molar-refractivity contribution in [2.24, 2.45) is 7.05 Å². The average molecular weight is 384 g/mol. The van der Waals surface area contributed by atoms with Crippen molar-refractivity contribution in [3.8, 4) is 0 Å². The Morgan fingerprint density at radius 1 is 1.26 bits per heavy atom. The minimum Gasteiger partial charge on any atom is -0.351 e. The molecular weight excluding hydrogens is 358 g/mol. The molecule has 0 fully saturated rings. The molecule has 1 aromatic carbocycles. The molecule has 142 valence electrons. The van der Waals surface area contributed by atoms with Crippen molar-refractivity contribution in [1.29, 1.82) is 0 Å². The molecule has 2 aromatic heterocycles. The number of nitrogens with zero attached hydrogens (tertiary/aromatic N) is 3. The zero-order chi connectivity index (χ0) is 19.7. The third kappa shape index (κ3) is 3.58. The van der Waals surface area contributed by atoms with E-state index in [1.165, 1.54) is 11.8 Å². The van der Waals surface area contributed by atoms with Gasteiger partial charge in [0, 0.05) is 30.0 Å². The van der Waals surface area contributed by atoms with Crippen LogP contribution in [0.25, 0.3) is 10.9 Å². The van der Waals surface area contributed by atoms with Crippen LogP contribution in [0.3, 0.4) is 0 Å². The highest BCUT2D eigenvalue weighted by atomic mass is 32.2. The molecule has 0 aliphatic heterocycles. The lowest BCUT2D eigenvalue weighted by atomic mass is 10.2. The number of para-hydroxylation sites is 1. The summed E-state index contributed by atoms with van der Waals surface area (Å²) in [5.74, 6) is 0.310. The summed E-state index contributed by atoms with van der Waals surface area (Å²) in [5, 5.41) is 1.22. The summed E-state index contributed by atoms with van der Waals surface area (Å²) in [6.45, 7) is 7.99. The Morgan fingerprint density at radius 3 is 2.59 bits per heavy atom. The zero-order valence-electron chi connectivity index (χ0n) is 16.4. The molecule has 3 rings (SSSR count). The van der Waals surface area contributed by atoms with Crippen LogP contribution in [0.15, 0.2) is 40.3 Å². The SMILES string of the molecule is CCC(C)n1c(SCC(=O)c2cc(C)n(C)c2C)nc2ccccc2c1=O. The van der Waals surface area contributed by atoms with E-state index >= 15 is 0 Å². The second-order valence-electron chi connectivity index (χ2n) is 6.90. The van der Waals surface area contributed by atoms with Gasteiger partial charge in [0.15, 0.2) is 10.9 Å². The van der Waals surface area contributed by atoms with Crippen LogP contribution >= 0.6 is 11.8 Å². The van der Waals surface area contributed by atoms with Gasteiger partial charge >= 0.3 is 0 Å². The van der Waals surface area contributed by atoms with Gasteiger partial charge in [-0.25, -0.2) is 4.98 Å². The predicted octanol–water partition coefficient (Wildman–Crippen LogP) is 4.30. The fraction of sp³-hybridized carbons (Fsp3) is 0.381. The zero-order valence-corrected chi connectivity index (χ0v) is 17.3. The number of benzene rings is 1. The lowest BCUT2D eigenvalue weighted by Crippen LogP contribution is -2.26. The third-order valence-electron chi connectivity index (χ3n) is 5.21. The molecule has 0 saturated carbocycles. The summed E-state index contributed by atoms with van der Waals surface area (Å²) in [6.07, 6.45) is 0.818. The van der Waals surface area contributed by atoms with Crippen LogP contribution in [0.4, 0.5) is 0 Å². The minimum atomic E-state index is -0.0448. The molecule has 0 saturated heterocycles. The highest BCUT2D eigenvalue weighted by Crippen LogP contribution is 2.24. The lowest BCUT2D eigenvalue weighted by Gasteiger charge is -2.18. The molecule has 0 aliphatic rings. The molecule has 1 unspecified atom stereocenters. The summed E-state index contributed by atoms with van der Waals surface area (Å²) in [5.41, 5.74) is 3.38. The maximum atomic E-state index is 13.0. The maximum Gasteiger partial charge on any atom is 0.262 e. The van der Waals surface area contributed by atoms with Crippen LogP contribution in [-0.2, 0) is 7.05 Å². The summed E-state index contributed by atoms with van der Waals surface area (Å²) in [7, 11) is 1.96. The molecular formula is C21H25N3O2S. The first-order valence-electron chi connectivity index (χ1n) is 9.15. The second kappa shape index (κ2) is 7.72. The topological polar surface area (TPSA) is 56.9 Å². The van der Waals surface area contributed by atoms with Gasteiger partial charge in [-0.1, -0.05) is 30.8 Å². The molecule has 3 aromatic rings. The van der Waals surface area contributed by atoms with Gasteiger partial charge in [0.25, 0.3) is 5.56 Å². The van der Waals surface area contributed by atoms with E-state index in [4.69, 9.17) is 0 Å². The van der Waals surface area contributed by atoms with Crippen LogP contribution in [0, 0.1) is 13.8 Å². The number of hydrogen-bond acceptors (Lipinski definition) is 4. The molecule has 1 atom stereocenters. The number of fused-ring (bicyclic) bond motifs is 1. The molecule has 0 aliphatic carbocycles. The van der Waals surface area contributed by atoms with Crippen molar-refractivity contribution in [2.75, 3.05) is 5.75 Å². The first kappa shape index (κ1) is 19.4. The number of rotatable bonds is 6. The molecule has 2 heterocycles. The Kier molecular flexibility index (Phi) is 5.56. The fourth-order valence-electron chi connectivity index (χ4n) is 3.14. The molecule has 0 radical (unpaired) electrons. The van der Waals surface area contributed by atoms with Crippen molar-refractivity contribution in [2.45, 2.75) is 45.3 Å². The van der Waals surface area contributed by atoms with E-state index in [0.29, 0.717) is 16.1 Å². The molecule has 0 spiro atoms. The Bertz CT molecular complexity index is 1070. The van der Waals surface area contributed by atoms with Gasteiger partial charge < -0.3 is 4.57 Å². The first-order chi connectivity index (χ1) is 12.8. The van der Waals surface area contributed by atoms with Crippen molar-refractivity contribution in [3.63, 3.8) is 0 Å². The highest BCUT2D eigenvalue weighted by Gasteiger charge is 2.19. The minimum absolute atomic E-state index is 0.0212. The second-order valence-corrected chi connectivity index (χ2v) is 7.84. The number of ketones is 1. The van der Waals surface area contributed by atoms with Crippen molar-refractivity contribution < 1.29 is 4.79 Å². The number of Topliss-reactive ketones (excluding diaryl/α,β-unsaturated/α-hetero) is 1. The van der Waals surface area contributed by atoms with E-state index in [-0.39, 0.29) is 23.1 Å². The molecule has 6 heteroatoms. The van der Waals surface area contributed by atoms with Gasteiger partial charge in [0.05, 0.1) is 16.7 Å². The number of aryl methyl sites for hydroxylation is 1. The van der Waals surface area contributed by atoms with Crippen LogP contribution in [0.5, 0.6) is 0 Å². The quantitative estimate of drug-likeness (QED) is 0.362. The molecule has 5 nitrogen and oxygen atoms in total. The van der Waals surface area contributed by atoms with E-state index < -0.39 is 0 Å². The smallest absolute Gasteiger partial charge is 0.262 e. The molecule has 27 heavy (non-hydrogen) atoms. The van der Waals surface area contributed by atoms with Gasteiger partial charge in [-0.15, -0.1) is 0 Å². The standard InChI is InChI=1S/C21H25N3O2S/c1-6-13(2)24-20(26)16-9-7-8-10-18(16)22-21(24)27-12-19(25)17-11-14(3)23(5)15(17)4/h7-11,13H,6,12H2,1-5H3. The van der Waals surface area contributed by atoms with E-state index in [0.717, 1.165) is 23.4 Å². The third-order valence-corrected chi connectivity index (χ3v) is 6.17. The normalized spacial score (nSPS) is 12.5. The number of thioether (sulfide) groups is 1. The number of hydrogen-bond donors (Lipinski definition) is 0. The van der Waals surface area contributed by atoms with E-state index in [9.17, 15) is 9.59 Å². The Balaban J connectivity index is 1.97. The van der Waals surface area contributed by atoms with Gasteiger partial charge in [-0.3, -0.25) is 14.2 Å². The number of carbonyl (C=O) groups is 1. The van der Waals surface area contributed by atoms with Crippen molar-refractivity contribution in [1.82, 2.24) is 14.1 Å². The van der Waals surface area contributed by atoms with Crippen LogP contribution in [0.1, 0.15) is 48.1 Å². The molecule has 0 amide bonds. The predicted molar refractivity (Wildman–Crippen MR) is 111 cm³/mol. The van der Waals surface area contributed by atoms with Crippen LogP contribution < -0.4 is 5.56 Å². The van der Waals surface area contributed by atoms with Crippen molar-refractivity contribution in [3.05, 3.63) is 57.6 Å². The van der Waals surface area contributed by atoms with Crippen LogP contribution in [-0.4, -0.2) is 25.7 Å². The van der Waals surface area contributed by atoms with Gasteiger partial charge in [0.1, 0.15) is 0 Å². The van der Waals surface area contributed by atoms with Crippen molar-refractivity contribution >= 4 is 28.4 Å². The Hall–Kier alpha value is -2.34. The summed E-state index contributed by atoms with van der Waals surface area (Å²) in [4.78, 5) is 30.4. The monoisotopic (exact) mass is 383 g/mol. The lowest BCUT2D eigenvalue weighted by molar-refractivity contribution is 0.102. The molecule has 0 N–H and O–H groups in total. The van der Waals surface area contributed by atoms with Gasteiger partial charge in [0.2, 0.25) is 0 Å². The van der Waals surface area contributed by atoms with E-state index in [1.54, 1.807) is 10.6 Å². The van der Waals surface area contributed by atoms with E-state index in [1.807, 2.05) is 63.6 Å².